The molecule has 3 heteroatoms. The second kappa shape index (κ2) is 10.8. The number of para-hydroxylation sites is 6. The van der Waals surface area contributed by atoms with Crippen molar-refractivity contribution in [3.8, 4) is 28.2 Å². The number of rotatable bonds is 4. The summed E-state index contributed by atoms with van der Waals surface area (Å²) in [5.41, 5.74) is 6.56. The van der Waals surface area contributed by atoms with Gasteiger partial charge in [0, 0.05) is 49.3 Å². The molecule has 0 saturated carbocycles. The van der Waals surface area contributed by atoms with Crippen LogP contribution in [-0.2, 0) is 0 Å². The van der Waals surface area contributed by atoms with Gasteiger partial charge in [-0.2, -0.15) is 0 Å². The highest BCUT2D eigenvalue weighted by atomic mass is 15.0. The third-order valence-corrected chi connectivity index (χ3v) is 9.81. The molecule has 11 aromatic rings. The van der Waals surface area contributed by atoms with E-state index in [9.17, 15) is 0 Å². The van der Waals surface area contributed by atoms with Crippen LogP contribution in [0, 0.1) is 0 Å². The Kier molecular flexibility index (Phi) is 3.99. The molecular formula is C48H31N3. The number of hydrogen-bond donors (Lipinski definition) is 0. The summed E-state index contributed by atoms with van der Waals surface area (Å²) in [6, 6.07) is 32.6. The van der Waals surface area contributed by atoms with E-state index in [1.807, 2.05) is 108 Å². The standard InChI is InChI=1S/C48H31N3/c1-7-22-42(35(16-1)32-14-13-15-33(30-32)49-43-23-8-2-17-36(43)37-18-3-9-24-44(37)49)51-47-27-12-6-21-40(47)41-31-34(28-29-48(41)51)50-45-25-10-4-19-38(45)39-20-5-11-26-46(39)50/h1-31H/i2D,3D,4D,8D,9D,10D,17D,18D,19D,23D,24D,25D. The first-order chi connectivity index (χ1) is 30.3. The van der Waals surface area contributed by atoms with Gasteiger partial charge in [-0.1, -0.05) is 121 Å². The Balaban J connectivity index is 1.15. The third-order valence-electron chi connectivity index (χ3n) is 9.81. The lowest BCUT2D eigenvalue weighted by atomic mass is 10.0. The first kappa shape index (κ1) is 18.8. The van der Waals surface area contributed by atoms with E-state index in [-0.39, 0.29) is 58.1 Å². The van der Waals surface area contributed by atoms with Gasteiger partial charge in [0.25, 0.3) is 0 Å². The highest BCUT2D eigenvalue weighted by Crippen LogP contribution is 2.40. The molecule has 0 atom stereocenters. The molecule has 3 heterocycles. The molecule has 0 fully saturated rings. The van der Waals surface area contributed by atoms with E-state index < -0.39 is 36.3 Å². The van der Waals surface area contributed by atoms with E-state index in [4.69, 9.17) is 16.4 Å². The van der Waals surface area contributed by atoms with Crippen LogP contribution >= 0.6 is 0 Å². The maximum atomic E-state index is 9.01. The number of fused-ring (bicyclic) bond motifs is 9. The number of nitrogens with zero attached hydrogens (tertiary/aromatic N) is 3. The van der Waals surface area contributed by atoms with E-state index in [0.29, 0.717) is 16.6 Å². The molecule has 51 heavy (non-hydrogen) atoms. The van der Waals surface area contributed by atoms with Crippen LogP contribution in [-0.4, -0.2) is 13.7 Å². The minimum absolute atomic E-state index is 0.0136. The molecule has 238 valence electrons. The highest BCUT2D eigenvalue weighted by Gasteiger charge is 2.19. The van der Waals surface area contributed by atoms with Gasteiger partial charge in [-0.3, -0.25) is 0 Å². The van der Waals surface area contributed by atoms with Gasteiger partial charge in [0.1, 0.15) is 0 Å². The van der Waals surface area contributed by atoms with Crippen molar-refractivity contribution in [2.24, 2.45) is 0 Å². The summed E-state index contributed by atoms with van der Waals surface area (Å²) in [4.78, 5) is 0. The molecule has 0 aliphatic heterocycles. The molecule has 3 aromatic heterocycles. The predicted octanol–water partition coefficient (Wildman–Crippen LogP) is 12.6. The molecule has 0 amide bonds. The van der Waals surface area contributed by atoms with Crippen LogP contribution in [0.15, 0.2) is 188 Å². The van der Waals surface area contributed by atoms with Crippen molar-refractivity contribution in [3.05, 3.63) is 188 Å². The molecule has 0 spiro atoms. The Morgan fingerprint density at radius 1 is 0.333 bits per heavy atom. The van der Waals surface area contributed by atoms with Gasteiger partial charge in [-0.15, -0.1) is 0 Å². The van der Waals surface area contributed by atoms with Crippen molar-refractivity contribution in [2.45, 2.75) is 0 Å². The highest BCUT2D eigenvalue weighted by molar-refractivity contribution is 6.13. The molecule has 0 bridgehead atoms. The molecule has 11 rings (SSSR count). The fourth-order valence-electron chi connectivity index (χ4n) is 7.70. The van der Waals surface area contributed by atoms with Gasteiger partial charge in [-0.25, -0.2) is 0 Å². The topological polar surface area (TPSA) is 14.8 Å². The van der Waals surface area contributed by atoms with Crippen molar-refractivity contribution in [2.75, 3.05) is 0 Å². The second-order valence-corrected chi connectivity index (χ2v) is 12.5. The van der Waals surface area contributed by atoms with Gasteiger partial charge < -0.3 is 13.7 Å². The fourth-order valence-corrected chi connectivity index (χ4v) is 7.70. The fraction of sp³-hybridized carbons (Fsp3) is 0. The lowest BCUT2D eigenvalue weighted by Crippen LogP contribution is -1.99. The summed E-state index contributed by atoms with van der Waals surface area (Å²) in [5, 5.41) is 3.07. The largest absolute Gasteiger partial charge is 0.309 e. The zero-order valence-corrected chi connectivity index (χ0v) is 26.8. The van der Waals surface area contributed by atoms with E-state index in [1.54, 1.807) is 6.07 Å². The summed E-state index contributed by atoms with van der Waals surface area (Å²) in [6.07, 6.45) is 0. The summed E-state index contributed by atoms with van der Waals surface area (Å²) in [5.74, 6) is 0. The van der Waals surface area contributed by atoms with Gasteiger partial charge in [-0.05, 0) is 72.2 Å². The van der Waals surface area contributed by atoms with Crippen LogP contribution in [0.3, 0.4) is 0 Å². The monoisotopic (exact) mass is 661 g/mol. The number of hydrogen-bond acceptors (Lipinski definition) is 0. The third kappa shape index (κ3) is 4.06. The Hall–Kier alpha value is -6.84. The van der Waals surface area contributed by atoms with Crippen molar-refractivity contribution >= 4 is 65.4 Å². The van der Waals surface area contributed by atoms with Crippen molar-refractivity contribution in [1.82, 2.24) is 13.7 Å². The van der Waals surface area contributed by atoms with Gasteiger partial charge >= 0.3 is 0 Å². The molecule has 0 N–H and O–H groups in total. The van der Waals surface area contributed by atoms with E-state index in [1.165, 1.54) is 4.57 Å². The SMILES string of the molecule is [2H]c1c([2H])c([2H])c2c(c1[2H])c1ccccc1n2-c1ccc2c(c1)c1ccccc1n2-c1ccccc1-c1cccc(-n2c3c([2H])c([2H])c([2H])c([2H])c3c3c([2H])c([2H])c([2H])c([2H])c32)c1. The number of aromatic nitrogens is 3. The maximum Gasteiger partial charge on any atom is 0.0645 e. The minimum atomic E-state index is -0.497. The van der Waals surface area contributed by atoms with Crippen LogP contribution in [0.5, 0.6) is 0 Å². The molecule has 0 aliphatic carbocycles. The van der Waals surface area contributed by atoms with Crippen LogP contribution in [0.25, 0.3) is 93.6 Å². The zero-order valence-electron chi connectivity index (χ0n) is 38.8. The summed E-state index contributed by atoms with van der Waals surface area (Å²) in [7, 11) is 0. The van der Waals surface area contributed by atoms with Crippen LogP contribution in [0.2, 0.25) is 0 Å². The lowest BCUT2D eigenvalue weighted by Gasteiger charge is -2.16. The Bertz CT molecular complexity index is 3770. The first-order valence-electron chi connectivity index (χ1n) is 22.6. The maximum absolute atomic E-state index is 9.01. The molecule has 0 aliphatic rings. The zero-order chi connectivity index (χ0) is 43.9. The number of benzene rings is 8. The van der Waals surface area contributed by atoms with Crippen LogP contribution in [0.4, 0.5) is 0 Å². The molecule has 0 unspecified atom stereocenters. The second-order valence-electron chi connectivity index (χ2n) is 12.5. The lowest BCUT2D eigenvalue weighted by molar-refractivity contribution is 1.16. The van der Waals surface area contributed by atoms with Crippen molar-refractivity contribution in [3.63, 3.8) is 0 Å². The van der Waals surface area contributed by atoms with Gasteiger partial charge in [0.05, 0.1) is 55.2 Å². The van der Waals surface area contributed by atoms with Crippen LogP contribution < -0.4 is 0 Å². The van der Waals surface area contributed by atoms with Crippen molar-refractivity contribution in [1.29, 1.82) is 0 Å². The Morgan fingerprint density at radius 2 is 0.843 bits per heavy atom. The summed E-state index contributed by atoms with van der Waals surface area (Å²) >= 11 is 0. The van der Waals surface area contributed by atoms with E-state index >= 15 is 0 Å². The Labute approximate surface area is 311 Å². The Morgan fingerprint density at radius 3 is 1.55 bits per heavy atom. The first-order valence-corrected chi connectivity index (χ1v) is 16.6. The average Bonchev–Trinajstić information content (AvgIpc) is 3.96. The van der Waals surface area contributed by atoms with Gasteiger partial charge in [0.2, 0.25) is 0 Å². The smallest absolute Gasteiger partial charge is 0.0645 e. The minimum Gasteiger partial charge on any atom is -0.309 e. The molecule has 8 aromatic carbocycles. The van der Waals surface area contributed by atoms with E-state index in [2.05, 4.69) is 10.6 Å². The van der Waals surface area contributed by atoms with Gasteiger partial charge in [0.15, 0.2) is 0 Å². The molecule has 0 saturated heterocycles. The molecule has 3 nitrogen and oxygen atoms in total. The summed E-state index contributed by atoms with van der Waals surface area (Å²) < 4.78 is 110. The molecular weight excluding hydrogens is 619 g/mol. The average molecular weight is 662 g/mol. The van der Waals surface area contributed by atoms with Crippen LogP contribution in [0.1, 0.15) is 16.4 Å². The van der Waals surface area contributed by atoms with Crippen molar-refractivity contribution < 1.29 is 16.4 Å². The summed E-state index contributed by atoms with van der Waals surface area (Å²) in [6.45, 7) is 0. The van der Waals surface area contributed by atoms with E-state index in [0.717, 1.165) is 55.2 Å². The predicted molar refractivity (Wildman–Crippen MR) is 215 cm³/mol. The quantitative estimate of drug-likeness (QED) is 0.178. The molecule has 0 radical (unpaired) electrons. The normalized spacial score (nSPS) is 15.2.